The Balaban J connectivity index is 0.000000139. The number of aromatic nitrogens is 2. The van der Waals surface area contributed by atoms with Crippen molar-refractivity contribution in [2.45, 2.75) is 33.1 Å². The molecule has 0 aliphatic carbocycles. The van der Waals surface area contributed by atoms with Crippen molar-refractivity contribution >= 4 is 131 Å². The first kappa shape index (κ1) is 63.7. The summed E-state index contributed by atoms with van der Waals surface area (Å²) in [4.78, 5) is 0. The Bertz CT molecular complexity index is 7310. The van der Waals surface area contributed by atoms with Crippen molar-refractivity contribution in [3.8, 4) is 78.1 Å². The first-order chi connectivity index (χ1) is 53.6. The van der Waals surface area contributed by atoms with Gasteiger partial charge in [0.25, 0.3) is 0 Å². The van der Waals surface area contributed by atoms with Crippen molar-refractivity contribution in [2.75, 3.05) is 0 Å². The van der Waals surface area contributed by atoms with E-state index in [9.17, 15) is 0 Å². The van der Waals surface area contributed by atoms with Crippen LogP contribution >= 0.6 is 0 Å². The molecular weight excluding hydrogens is 1320 g/mol. The molecule has 0 amide bonds. The number of para-hydroxylation sites is 4. The number of nitrogens with zero attached hydrogens (tertiary/aromatic N) is 2. The van der Waals surface area contributed by atoms with Gasteiger partial charge in [-0.25, -0.2) is 0 Å². The van der Waals surface area contributed by atoms with Crippen LogP contribution in [0.25, 0.3) is 209 Å². The molecule has 0 fully saturated rings. The van der Waals surface area contributed by atoms with E-state index in [2.05, 4.69) is 389 Å². The van der Waals surface area contributed by atoms with Gasteiger partial charge in [0.1, 0.15) is 22.3 Å². The van der Waals surface area contributed by atoms with Gasteiger partial charge in [0.2, 0.25) is 0 Å². The first-order valence-electron chi connectivity index (χ1n) is 37.8. The molecule has 4 nitrogen and oxygen atoms in total. The number of hydrogen-bond acceptors (Lipinski definition) is 2. The molecule has 0 aliphatic heterocycles. The molecule has 22 rings (SSSR count). The molecule has 109 heavy (non-hydrogen) atoms. The molecule has 4 aromatic heterocycles. The lowest BCUT2D eigenvalue weighted by molar-refractivity contribution is 0.591. The average molecular weight is 1390 g/mol. The van der Waals surface area contributed by atoms with Crippen LogP contribution in [-0.4, -0.2) is 9.13 Å². The van der Waals surface area contributed by atoms with Gasteiger partial charge in [0.15, 0.2) is 0 Å². The van der Waals surface area contributed by atoms with Crippen LogP contribution in [0.3, 0.4) is 0 Å². The Morgan fingerprint density at radius 1 is 0.220 bits per heavy atom. The van der Waals surface area contributed by atoms with E-state index in [0.29, 0.717) is 0 Å². The molecule has 0 saturated carbocycles. The van der Waals surface area contributed by atoms with Gasteiger partial charge in [-0.15, -0.1) is 0 Å². The fourth-order valence-corrected chi connectivity index (χ4v) is 17.7. The second-order valence-electron chi connectivity index (χ2n) is 30.2. The normalized spacial score (nSPS) is 12.0. The van der Waals surface area contributed by atoms with Gasteiger partial charge in [-0.1, -0.05) is 305 Å². The molecule has 0 atom stereocenters. The molecular formula is C105H72N2O2. The van der Waals surface area contributed by atoms with Crippen molar-refractivity contribution in [1.82, 2.24) is 9.13 Å². The highest BCUT2D eigenvalue weighted by Crippen LogP contribution is 2.49. The molecule has 4 heteroatoms. The molecule has 22 aromatic rings. The van der Waals surface area contributed by atoms with Crippen LogP contribution < -0.4 is 0 Å². The summed E-state index contributed by atoms with van der Waals surface area (Å²) in [6.45, 7) is 9.05. The van der Waals surface area contributed by atoms with Gasteiger partial charge < -0.3 is 18.0 Å². The highest BCUT2D eigenvalue weighted by Gasteiger charge is 2.24. The third-order valence-electron chi connectivity index (χ3n) is 22.8. The SMILES string of the molecule is CC(C)(C)c1ccc2c(c1)c1cc(-c3cccc4c3oc3ccccc34)ccc1n2-c1ccc(-c2c3ccccc3c(-c3ccccc3)c3ccccc23)cc1.Cc1ccc2c(c1)c1cc(-c3cccc4c3oc3ccccc34)ccc1n2-c1ccc(-c2c3ccccc3c(-c3ccccc3)c3ccccc23)cc1. The van der Waals surface area contributed by atoms with Crippen molar-refractivity contribution in [3.05, 3.63) is 375 Å². The highest BCUT2D eigenvalue weighted by molar-refractivity contribution is 6.24. The summed E-state index contributed by atoms with van der Waals surface area (Å²) < 4.78 is 17.8. The van der Waals surface area contributed by atoms with E-state index in [-0.39, 0.29) is 5.41 Å². The molecule has 0 radical (unpaired) electrons. The van der Waals surface area contributed by atoms with E-state index in [1.54, 1.807) is 0 Å². The average Bonchev–Trinajstić information content (AvgIpc) is 1.55. The minimum atomic E-state index is 0.0172. The largest absolute Gasteiger partial charge is 0.455 e. The van der Waals surface area contributed by atoms with E-state index >= 15 is 0 Å². The Hall–Kier alpha value is -13.8. The third kappa shape index (κ3) is 10.3. The monoisotopic (exact) mass is 1390 g/mol. The fourth-order valence-electron chi connectivity index (χ4n) is 17.7. The molecule has 4 heterocycles. The van der Waals surface area contributed by atoms with E-state index in [0.717, 1.165) is 77.5 Å². The van der Waals surface area contributed by atoms with Crippen LogP contribution in [0.2, 0.25) is 0 Å². The minimum absolute atomic E-state index is 0.0172. The van der Waals surface area contributed by atoms with Gasteiger partial charge in [0, 0.05) is 65.6 Å². The van der Waals surface area contributed by atoms with Crippen LogP contribution in [0.1, 0.15) is 31.9 Å². The van der Waals surface area contributed by atoms with Crippen LogP contribution in [-0.2, 0) is 5.41 Å². The van der Waals surface area contributed by atoms with Crippen molar-refractivity contribution in [1.29, 1.82) is 0 Å². The summed E-state index contributed by atoms with van der Waals surface area (Å²) in [5.74, 6) is 0. The first-order valence-corrected chi connectivity index (χ1v) is 37.8. The van der Waals surface area contributed by atoms with E-state index in [1.165, 1.54) is 142 Å². The number of benzene rings is 18. The van der Waals surface area contributed by atoms with E-state index < -0.39 is 0 Å². The van der Waals surface area contributed by atoms with E-state index in [1.807, 2.05) is 12.1 Å². The minimum Gasteiger partial charge on any atom is -0.455 e. The molecule has 514 valence electrons. The zero-order valence-corrected chi connectivity index (χ0v) is 60.9. The standard InChI is InChI=1S/C54H39NO.C51H33NO/c1-54(2,3)37-27-31-49-47(33-37)46-32-36(39-21-13-22-45-40-16-11-12-23-50(40)56-53(39)45)26-30-48(46)55(49)38-28-24-35(25-29-38)52-43-19-9-7-17-41(43)51(34-14-5-4-6-15-34)42-18-8-10-20-44(42)52;1-32-22-28-46-44(30-32)45-31-35(37-19-11-20-43-38-14-9-10-21-48(38)53-51(37)43)25-29-47(45)52(46)36-26-23-34(24-27-36)50-41-17-7-5-15-39(41)49(33-12-3-2-4-13-33)40-16-6-8-18-42(40)50/h4-33H,1-3H3;2-31H,1H3. The van der Waals surface area contributed by atoms with Crippen molar-refractivity contribution < 1.29 is 8.83 Å². The maximum absolute atomic E-state index is 6.50. The van der Waals surface area contributed by atoms with E-state index in [4.69, 9.17) is 8.83 Å². The number of aryl methyl sites for hydroxylation is 1. The van der Waals surface area contributed by atoms with Gasteiger partial charge in [0.05, 0.1) is 22.1 Å². The molecule has 0 spiro atoms. The number of hydrogen-bond donors (Lipinski definition) is 0. The third-order valence-corrected chi connectivity index (χ3v) is 22.8. The summed E-state index contributed by atoms with van der Waals surface area (Å²) >= 11 is 0. The Labute approximate surface area is 630 Å². The predicted molar refractivity (Wildman–Crippen MR) is 462 cm³/mol. The molecule has 0 saturated heterocycles. The lowest BCUT2D eigenvalue weighted by Crippen LogP contribution is -2.10. The molecule has 0 aliphatic rings. The Kier molecular flexibility index (Phi) is 14.7. The van der Waals surface area contributed by atoms with Gasteiger partial charge in [-0.2, -0.15) is 0 Å². The van der Waals surface area contributed by atoms with Gasteiger partial charge in [-0.05, 0) is 202 Å². The quantitative estimate of drug-likeness (QED) is 0.142. The molecule has 0 N–H and O–H groups in total. The van der Waals surface area contributed by atoms with Crippen molar-refractivity contribution in [2.24, 2.45) is 0 Å². The maximum atomic E-state index is 6.50. The molecule has 0 bridgehead atoms. The molecule has 0 unspecified atom stereocenters. The van der Waals surface area contributed by atoms with Crippen LogP contribution in [0, 0.1) is 6.92 Å². The summed E-state index contributed by atoms with van der Waals surface area (Å²) in [6.07, 6.45) is 0. The second-order valence-corrected chi connectivity index (χ2v) is 30.2. The maximum Gasteiger partial charge on any atom is 0.143 e. The zero-order valence-electron chi connectivity index (χ0n) is 60.9. The number of furan rings is 2. The summed E-state index contributed by atoms with van der Waals surface area (Å²) in [5.41, 5.74) is 27.8. The zero-order chi connectivity index (χ0) is 72.6. The fraction of sp³-hybridized carbons (Fsp3) is 0.0476. The van der Waals surface area contributed by atoms with Crippen molar-refractivity contribution in [3.63, 3.8) is 0 Å². The van der Waals surface area contributed by atoms with Gasteiger partial charge in [-0.3, -0.25) is 0 Å². The number of fused-ring (bicyclic) bond motifs is 16. The lowest BCUT2D eigenvalue weighted by Gasteiger charge is -2.19. The summed E-state index contributed by atoms with van der Waals surface area (Å²) in [5, 5.41) is 19.7. The lowest BCUT2D eigenvalue weighted by atomic mass is 9.86. The van der Waals surface area contributed by atoms with Crippen LogP contribution in [0.15, 0.2) is 373 Å². The summed E-state index contributed by atoms with van der Waals surface area (Å²) in [7, 11) is 0. The topological polar surface area (TPSA) is 36.1 Å². The predicted octanol–water partition coefficient (Wildman–Crippen LogP) is 29.6. The van der Waals surface area contributed by atoms with Crippen LogP contribution in [0.5, 0.6) is 0 Å². The molecule has 18 aromatic carbocycles. The van der Waals surface area contributed by atoms with Crippen LogP contribution in [0.4, 0.5) is 0 Å². The number of rotatable bonds is 8. The Morgan fingerprint density at radius 3 is 0.890 bits per heavy atom. The second kappa shape index (κ2) is 25.2. The summed E-state index contributed by atoms with van der Waals surface area (Å²) in [6, 6.07) is 133. The van der Waals surface area contributed by atoms with Gasteiger partial charge >= 0.3 is 0 Å². The highest BCUT2D eigenvalue weighted by atomic mass is 16.3. The Morgan fingerprint density at radius 2 is 0.514 bits per heavy atom. The smallest absolute Gasteiger partial charge is 0.143 e.